The highest BCUT2D eigenvalue weighted by atomic mass is 16.5. The monoisotopic (exact) mass is 210 g/mol. The first-order valence-electron chi connectivity index (χ1n) is 5.10. The minimum atomic E-state index is -0.644. The Morgan fingerprint density at radius 3 is 2.73 bits per heavy atom. The van der Waals surface area contributed by atoms with Crippen molar-refractivity contribution in [3.05, 3.63) is 29.3 Å². The standard InChI is InChI=1S/C12H18O3/c1-9-4-3-5-12(15-2)11(9)7-6-10(14)8-13/h3-5,10,13-14H,6-8H2,1-2H3. The maximum Gasteiger partial charge on any atom is 0.122 e. The Bertz CT molecular complexity index is 310. The summed E-state index contributed by atoms with van der Waals surface area (Å²) in [6, 6.07) is 5.87. The maximum atomic E-state index is 9.28. The van der Waals surface area contributed by atoms with Crippen molar-refractivity contribution in [2.24, 2.45) is 0 Å². The van der Waals surface area contributed by atoms with E-state index in [-0.39, 0.29) is 6.61 Å². The zero-order valence-electron chi connectivity index (χ0n) is 9.23. The van der Waals surface area contributed by atoms with Gasteiger partial charge in [-0.1, -0.05) is 12.1 Å². The summed E-state index contributed by atoms with van der Waals surface area (Å²) in [6.45, 7) is 1.83. The first-order valence-corrected chi connectivity index (χ1v) is 5.10. The van der Waals surface area contributed by atoms with Gasteiger partial charge in [0, 0.05) is 0 Å². The fraction of sp³-hybridized carbons (Fsp3) is 0.500. The van der Waals surface area contributed by atoms with Crippen molar-refractivity contribution in [3.63, 3.8) is 0 Å². The number of aryl methyl sites for hydroxylation is 1. The van der Waals surface area contributed by atoms with E-state index in [1.54, 1.807) is 7.11 Å². The molecule has 1 unspecified atom stereocenters. The van der Waals surface area contributed by atoms with Crippen LogP contribution in [0, 0.1) is 6.92 Å². The van der Waals surface area contributed by atoms with Gasteiger partial charge < -0.3 is 14.9 Å². The highest BCUT2D eigenvalue weighted by molar-refractivity contribution is 5.39. The number of hydrogen-bond acceptors (Lipinski definition) is 3. The Labute approximate surface area is 90.3 Å². The van der Waals surface area contributed by atoms with Gasteiger partial charge in [-0.3, -0.25) is 0 Å². The van der Waals surface area contributed by atoms with Gasteiger partial charge in [-0.15, -0.1) is 0 Å². The molecule has 1 aromatic rings. The fourth-order valence-corrected chi connectivity index (χ4v) is 1.59. The number of hydrogen-bond donors (Lipinski definition) is 2. The molecule has 1 aromatic carbocycles. The van der Waals surface area contributed by atoms with Gasteiger partial charge >= 0.3 is 0 Å². The number of methoxy groups -OCH3 is 1. The molecule has 0 radical (unpaired) electrons. The van der Waals surface area contributed by atoms with Crippen LogP contribution >= 0.6 is 0 Å². The molecule has 0 aliphatic rings. The summed E-state index contributed by atoms with van der Waals surface area (Å²) in [6.07, 6.45) is 0.629. The lowest BCUT2D eigenvalue weighted by molar-refractivity contribution is 0.0884. The molecule has 0 spiro atoms. The third-order valence-electron chi connectivity index (χ3n) is 2.53. The Hall–Kier alpha value is -1.06. The van der Waals surface area contributed by atoms with Gasteiger partial charge in [0.2, 0.25) is 0 Å². The van der Waals surface area contributed by atoms with Gasteiger partial charge in [-0.25, -0.2) is 0 Å². The predicted octanol–water partition coefficient (Wildman–Crippen LogP) is 1.29. The van der Waals surface area contributed by atoms with E-state index in [4.69, 9.17) is 9.84 Å². The normalized spacial score (nSPS) is 12.5. The summed E-state index contributed by atoms with van der Waals surface area (Å²) in [4.78, 5) is 0. The van der Waals surface area contributed by atoms with E-state index in [9.17, 15) is 5.11 Å². The van der Waals surface area contributed by atoms with Crippen molar-refractivity contribution >= 4 is 0 Å². The number of rotatable bonds is 5. The number of aliphatic hydroxyl groups excluding tert-OH is 2. The Morgan fingerprint density at radius 2 is 2.13 bits per heavy atom. The maximum absolute atomic E-state index is 9.28. The van der Waals surface area contributed by atoms with E-state index in [1.807, 2.05) is 25.1 Å². The van der Waals surface area contributed by atoms with E-state index in [0.29, 0.717) is 6.42 Å². The van der Waals surface area contributed by atoms with Crippen LogP contribution in [-0.2, 0) is 6.42 Å². The van der Waals surface area contributed by atoms with Crippen LogP contribution in [0.1, 0.15) is 17.5 Å². The molecule has 0 fully saturated rings. The first-order chi connectivity index (χ1) is 7.19. The summed E-state index contributed by atoms with van der Waals surface area (Å²) >= 11 is 0. The van der Waals surface area contributed by atoms with E-state index < -0.39 is 6.10 Å². The van der Waals surface area contributed by atoms with Crippen LogP contribution in [-0.4, -0.2) is 30.0 Å². The number of ether oxygens (including phenoxy) is 1. The largest absolute Gasteiger partial charge is 0.496 e. The fourth-order valence-electron chi connectivity index (χ4n) is 1.59. The van der Waals surface area contributed by atoms with Crippen LogP contribution in [0.15, 0.2) is 18.2 Å². The second-order valence-corrected chi connectivity index (χ2v) is 3.63. The van der Waals surface area contributed by atoms with Crippen LogP contribution in [0.3, 0.4) is 0 Å². The van der Waals surface area contributed by atoms with Gasteiger partial charge in [0.25, 0.3) is 0 Å². The van der Waals surface area contributed by atoms with E-state index >= 15 is 0 Å². The molecular weight excluding hydrogens is 192 g/mol. The van der Waals surface area contributed by atoms with Gasteiger partial charge in [-0.05, 0) is 37.0 Å². The van der Waals surface area contributed by atoms with Crippen molar-refractivity contribution in [2.75, 3.05) is 13.7 Å². The molecule has 0 saturated carbocycles. The van der Waals surface area contributed by atoms with Gasteiger partial charge in [0.05, 0.1) is 19.8 Å². The third-order valence-corrected chi connectivity index (χ3v) is 2.53. The minimum absolute atomic E-state index is 0.186. The van der Waals surface area contributed by atoms with Crippen molar-refractivity contribution in [2.45, 2.75) is 25.9 Å². The van der Waals surface area contributed by atoms with Crippen molar-refractivity contribution in [1.29, 1.82) is 0 Å². The molecule has 0 aromatic heterocycles. The molecule has 0 aliphatic heterocycles. The van der Waals surface area contributed by atoms with Crippen LogP contribution in [0.5, 0.6) is 5.75 Å². The van der Waals surface area contributed by atoms with Gasteiger partial charge in [0.15, 0.2) is 0 Å². The topological polar surface area (TPSA) is 49.7 Å². The van der Waals surface area contributed by atoms with Gasteiger partial charge in [-0.2, -0.15) is 0 Å². The first kappa shape index (κ1) is 12.0. The molecule has 3 heteroatoms. The van der Waals surface area contributed by atoms with Crippen LogP contribution in [0.2, 0.25) is 0 Å². The lowest BCUT2D eigenvalue weighted by atomic mass is 10.0. The molecule has 0 heterocycles. The average molecular weight is 210 g/mol. The smallest absolute Gasteiger partial charge is 0.122 e. The lowest BCUT2D eigenvalue weighted by Gasteiger charge is -2.12. The summed E-state index contributed by atoms with van der Waals surface area (Å²) in [5.41, 5.74) is 2.26. The molecule has 84 valence electrons. The second kappa shape index (κ2) is 5.73. The minimum Gasteiger partial charge on any atom is -0.496 e. The lowest BCUT2D eigenvalue weighted by Crippen LogP contribution is -2.13. The predicted molar refractivity (Wildman–Crippen MR) is 59.1 cm³/mol. The molecular formula is C12H18O3. The SMILES string of the molecule is COc1cccc(C)c1CCC(O)CO. The Balaban J connectivity index is 2.74. The van der Waals surface area contributed by atoms with Crippen LogP contribution in [0.25, 0.3) is 0 Å². The van der Waals surface area contributed by atoms with Crippen LogP contribution < -0.4 is 4.74 Å². The highest BCUT2D eigenvalue weighted by Crippen LogP contribution is 2.23. The zero-order chi connectivity index (χ0) is 11.3. The molecule has 1 rings (SSSR count). The van der Waals surface area contributed by atoms with E-state index in [1.165, 1.54) is 0 Å². The summed E-state index contributed by atoms with van der Waals surface area (Å²) < 4.78 is 5.25. The van der Waals surface area contributed by atoms with Crippen LogP contribution in [0.4, 0.5) is 0 Å². The zero-order valence-corrected chi connectivity index (χ0v) is 9.23. The van der Waals surface area contributed by atoms with Crippen molar-refractivity contribution in [3.8, 4) is 5.75 Å². The molecule has 0 amide bonds. The molecule has 2 N–H and O–H groups in total. The Kier molecular flexibility index (Phi) is 4.59. The van der Waals surface area contributed by atoms with Crippen molar-refractivity contribution < 1.29 is 14.9 Å². The third kappa shape index (κ3) is 3.22. The second-order valence-electron chi connectivity index (χ2n) is 3.63. The summed E-state index contributed by atoms with van der Waals surface area (Å²) in [5.74, 6) is 0.847. The number of aliphatic hydroxyl groups is 2. The van der Waals surface area contributed by atoms with Gasteiger partial charge in [0.1, 0.15) is 5.75 Å². The van der Waals surface area contributed by atoms with E-state index in [2.05, 4.69) is 0 Å². The average Bonchev–Trinajstić information content (AvgIpc) is 2.26. The molecule has 0 bridgehead atoms. The molecule has 0 saturated heterocycles. The quantitative estimate of drug-likeness (QED) is 0.770. The molecule has 0 aliphatic carbocycles. The summed E-state index contributed by atoms with van der Waals surface area (Å²) in [5, 5.41) is 18.0. The molecule has 3 nitrogen and oxygen atoms in total. The molecule has 1 atom stereocenters. The Morgan fingerprint density at radius 1 is 1.40 bits per heavy atom. The summed E-state index contributed by atoms with van der Waals surface area (Å²) in [7, 11) is 1.64. The van der Waals surface area contributed by atoms with E-state index in [0.717, 1.165) is 23.3 Å². The molecule has 15 heavy (non-hydrogen) atoms. The number of benzene rings is 1. The van der Waals surface area contributed by atoms with Crippen molar-refractivity contribution in [1.82, 2.24) is 0 Å². The highest BCUT2D eigenvalue weighted by Gasteiger charge is 2.08.